The predicted molar refractivity (Wildman–Crippen MR) is 85.8 cm³/mol. The zero-order valence-electron chi connectivity index (χ0n) is 13.0. The number of benzene rings is 1. The molecule has 2 aliphatic heterocycles. The minimum Gasteiger partial charge on any atom is -0.494 e. The van der Waals surface area contributed by atoms with Crippen LogP contribution in [0.4, 0.5) is 0 Å². The zero-order chi connectivity index (χ0) is 14.7. The van der Waals surface area contributed by atoms with Crippen molar-refractivity contribution in [2.24, 2.45) is 11.0 Å². The smallest absolute Gasteiger partial charge is 0.124 e. The van der Waals surface area contributed by atoms with Gasteiger partial charge < -0.3 is 15.1 Å². The van der Waals surface area contributed by atoms with Crippen molar-refractivity contribution < 1.29 is 4.74 Å². The molecule has 3 rings (SSSR count). The second kappa shape index (κ2) is 6.48. The molecule has 0 aromatic heterocycles. The molecule has 4 nitrogen and oxygen atoms in total. The van der Waals surface area contributed by atoms with Crippen molar-refractivity contribution in [3.8, 4) is 5.75 Å². The van der Waals surface area contributed by atoms with Gasteiger partial charge in [-0.05, 0) is 26.0 Å². The number of hydrogen-bond acceptors (Lipinski definition) is 4. The van der Waals surface area contributed by atoms with Crippen molar-refractivity contribution in [2.75, 3.05) is 26.2 Å². The number of hydrazone groups is 1. The summed E-state index contributed by atoms with van der Waals surface area (Å²) in [6.07, 6.45) is 2.30. The molecule has 21 heavy (non-hydrogen) atoms. The van der Waals surface area contributed by atoms with Crippen molar-refractivity contribution >= 4 is 5.71 Å². The predicted octanol–water partition coefficient (Wildman–Crippen LogP) is 2.82. The molecule has 0 saturated carbocycles. The summed E-state index contributed by atoms with van der Waals surface area (Å²) in [6, 6.07) is 8.60. The normalized spacial score (nSPS) is 25.1. The molecule has 0 spiro atoms. The Morgan fingerprint density at radius 2 is 2.19 bits per heavy atom. The van der Waals surface area contributed by atoms with E-state index in [0.29, 0.717) is 12.5 Å². The molecule has 0 aliphatic carbocycles. The van der Waals surface area contributed by atoms with E-state index in [-0.39, 0.29) is 6.04 Å². The van der Waals surface area contributed by atoms with E-state index in [4.69, 9.17) is 4.74 Å². The molecule has 2 atom stereocenters. The number of fused-ring (bicyclic) bond motifs is 1. The maximum absolute atomic E-state index is 5.80. The Hall–Kier alpha value is -1.55. The first-order chi connectivity index (χ1) is 10.3. The van der Waals surface area contributed by atoms with E-state index in [0.717, 1.165) is 25.3 Å². The van der Waals surface area contributed by atoms with Gasteiger partial charge in [-0.1, -0.05) is 25.1 Å². The summed E-state index contributed by atoms with van der Waals surface area (Å²) in [5, 5.41) is 4.60. The summed E-state index contributed by atoms with van der Waals surface area (Å²) in [6.45, 7) is 8.41. The van der Waals surface area contributed by atoms with Crippen LogP contribution in [0.25, 0.3) is 0 Å². The van der Waals surface area contributed by atoms with Gasteiger partial charge in [0, 0.05) is 36.7 Å². The van der Waals surface area contributed by atoms with Crippen molar-refractivity contribution in [3.05, 3.63) is 29.8 Å². The van der Waals surface area contributed by atoms with Gasteiger partial charge in [0.2, 0.25) is 0 Å². The van der Waals surface area contributed by atoms with Crippen molar-refractivity contribution in [3.63, 3.8) is 0 Å². The lowest BCUT2D eigenvalue weighted by Gasteiger charge is -2.33. The van der Waals surface area contributed by atoms with Crippen LogP contribution < -0.4 is 10.2 Å². The molecule has 114 valence electrons. The lowest BCUT2D eigenvalue weighted by Crippen LogP contribution is -2.42. The maximum Gasteiger partial charge on any atom is 0.124 e. The number of nitrogens with one attached hydrogen (secondary N) is 1. The summed E-state index contributed by atoms with van der Waals surface area (Å²) in [5.41, 5.74) is 5.93. The van der Waals surface area contributed by atoms with Crippen LogP contribution in [0.5, 0.6) is 5.75 Å². The number of likely N-dealkylation sites (tertiary alicyclic amines) is 1. The maximum atomic E-state index is 5.80. The van der Waals surface area contributed by atoms with Crippen LogP contribution in [0.15, 0.2) is 29.4 Å². The minimum absolute atomic E-state index is 0.252. The van der Waals surface area contributed by atoms with Crippen LogP contribution in [0.1, 0.15) is 38.3 Å². The number of para-hydroxylation sites is 1. The molecule has 0 bridgehead atoms. The molecule has 2 aliphatic rings. The number of nitrogens with zero attached hydrogens (tertiary/aromatic N) is 2. The second-order valence-corrected chi connectivity index (χ2v) is 5.84. The van der Waals surface area contributed by atoms with Gasteiger partial charge in [0.05, 0.1) is 12.6 Å². The molecule has 1 saturated heterocycles. The minimum atomic E-state index is 0.252. The lowest BCUT2D eigenvalue weighted by atomic mass is 9.86. The molecule has 1 aromatic carbocycles. The fourth-order valence-electron chi connectivity index (χ4n) is 3.44. The first kappa shape index (κ1) is 14.4. The average molecular weight is 287 g/mol. The van der Waals surface area contributed by atoms with E-state index < -0.39 is 0 Å². The molecule has 2 heterocycles. The summed E-state index contributed by atoms with van der Waals surface area (Å²) in [5.74, 6) is 1.47. The number of rotatable bonds is 5. The fraction of sp³-hybridized carbons (Fsp3) is 0.588. The van der Waals surface area contributed by atoms with Gasteiger partial charge in [-0.2, -0.15) is 5.10 Å². The lowest BCUT2D eigenvalue weighted by molar-refractivity contribution is 0.226. The van der Waals surface area contributed by atoms with Gasteiger partial charge in [-0.25, -0.2) is 0 Å². The van der Waals surface area contributed by atoms with Crippen molar-refractivity contribution in [1.82, 2.24) is 10.3 Å². The molecule has 1 fully saturated rings. The van der Waals surface area contributed by atoms with Crippen LogP contribution in [-0.4, -0.2) is 36.9 Å². The first-order valence-electron chi connectivity index (χ1n) is 8.09. The van der Waals surface area contributed by atoms with Gasteiger partial charge in [-0.3, -0.25) is 0 Å². The topological polar surface area (TPSA) is 36.9 Å². The van der Waals surface area contributed by atoms with Crippen LogP contribution >= 0.6 is 0 Å². The molecule has 1 aromatic rings. The summed E-state index contributed by atoms with van der Waals surface area (Å²) < 4.78 is 5.80. The third-order valence-corrected chi connectivity index (χ3v) is 4.41. The van der Waals surface area contributed by atoms with Gasteiger partial charge in [0.1, 0.15) is 5.75 Å². The van der Waals surface area contributed by atoms with Crippen LogP contribution in [0.2, 0.25) is 0 Å². The Bertz CT molecular complexity index is 515. The van der Waals surface area contributed by atoms with E-state index in [2.05, 4.69) is 40.5 Å². The average Bonchev–Trinajstić information content (AvgIpc) is 2.92. The van der Waals surface area contributed by atoms with Crippen molar-refractivity contribution in [1.29, 1.82) is 0 Å². The molecule has 4 heteroatoms. The Kier molecular flexibility index (Phi) is 4.44. The highest BCUT2D eigenvalue weighted by atomic mass is 16.5. The Labute approximate surface area is 127 Å². The molecule has 1 N–H and O–H groups in total. The molecular formula is C17H25N3O. The number of hydrogen-bond donors (Lipinski definition) is 1. The Balaban J connectivity index is 1.80. The second-order valence-electron chi connectivity index (χ2n) is 5.84. The van der Waals surface area contributed by atoms with E-state index in [1.165, 1.54) is 24.2 Å². The monoisotopic (exact) mass is 287 g/mol. The van der Waals surface area contributed by atoms with E-state index in [9.17, 15) is 0 Å². The fourth-order valence-corrected chi connectivity index (χ4v) is 3.44. The third kappa shape index (κ3) is 2.91. The highest BCUT2D eigenvalue weighted by molar-refractivity contribution is 5.90. The van der Waals surface area contributed by atoms with E-state index in [1.807, 2.05) is 13.0 Å². The number of ether oxygens (including phenoxy) is 1. The third-order valence-electron chi connectivity index (χ3n) is 4.41. The standard InChI is InChI=1S/C17H25N3O/c1-3-10-20-11-9-15-14(12-20)17(19-18-15)13-7-5-6-8-16(13)21-4-2/h5-8,14,17,19H,3-4,9-12H2,1-2H3. The quantitative estimate of drug-likeness (QED) is 0.905. The van der Waals surface area contributed by atoms with Crippen molar-refractivity contribution in [2.45, 2.75) is 32.7 Å². The SMILES string of the molecule is CCCN1CCC2=NNC(c3ccccc3OCC)C2C1. The number of piperidine rings is 1. The van der Waals surface area contributed by atoms with Gasteiger partial charge >= 0.3 is 0 Å². The first-order valence-corrected chi connectivity index (χ1v) is 8.09. The molecular weight excluding hydrogens is 262 g/mol. The summed E-state index contributed by atoms with van der Waals surface area (Å²) in [7, 11) is 0. The van der Waals surface area contributed by atoms with E-state index >= 15 is 0 Å². The van der Waals surface area contributed by atoms with Gasteiger partial charge in [0.15, 0.2) is 0 Å². The summed E-state index contributed by atoms with van der Waals surface area (Å²) in [4.78, 5) is 2.56. The van der Waals surface area contributed by atoms with Gasteiger partial charge in [0.25, 0.3) is 0 Å². The zero-order valence-corrected chi connectivity index (χ0v) is 13.0. The Morgan fingerprint density at radius 1 is 1.33 bits per heavy atom. The Morgan fingerprint density at radius 3 is 3.00 bits per heavy atom. The molecule has 2 unspecified atom stereocenters. The van der Waals surface area contributed by atoms with Crippen LogP contribution in [0, 0.1) is 5.92 Å². The highest BCUT2D eigenvalue weighted by Gasteiger charge is 2.37. The van der Waals surface area contributed by atoms with Gasteiger partial charge in [-0.15, -0.1) is 0 Å². The largest absolute Gasteiger partial charge is 0.494 e. The van der Waals surface area contributed by atoms with E-state index in [1.54, 1.807) is 0 Å². The van der Waals surface area contributed by atoms with Crippen LogP contribution in [-0.2, 0) is 0 Å². The highest BCUT2D eigenvalue weighted by Crippen LogP contribution is 2.36. The molecule has 0 amide bonds. The molecule has 0 radical (unpaired) electrons. The summed E-state index contributed by atoms with van der Waals surface area (Å²) >= 11 is 0. The van der Waals surface area contributed by atoms with Crippen LogP contribution in [0.3, 0.4) is 0 Å².